The molecule has 2 aromatic carbocycles. The number of rotatable bonds is 5. The van der Waals surface area contributed by atoms with Gasteiger partial charge in [-0.05, 0) is 36.8 Å². The number of carbonyl (C=O) groups is 2. The van der Waals surface area contributed by atoms with Gasteiger partial charge < -0.3 is 14.5 Å². The Balaban J connectivity index is 1.88. The van der Waals surface area contributed by atoms with Crippen LogP contribution in [0.4, 0.5) is 0 Å². The molecular formula is C20H16ClNO5. The third-order valence-electron chi connectivity index (χ3n) is 3.79. The molecular weight excluding hydrogens is 370 g/mol. The van der Waals surface area contributed by atoms with Crippen molar-refractivity contribution >= 4 is 34.4 Å². The van der Waals surface area contributed by atoms with E-state index in [9.17, 15) is 14.4 Å². The average Bonchev–Trinajstić information content (AvgIpc) is 2.65. The standard InChI is InChI=1S/C20H16ClNO5/c1-2-9-22-18(23)15-10-12-7-8-13(11-17(12)27-20(15)25)26-19(24)14-5-3-4-6-16(14)21/h3-8,10-11H,2,9H2,1H3,(H,22,23). The van der Waals surface area contributed by atoms with Gasteiger partial charge in [0.25, 0.3) is 5.91 Å². The molecule has 3 aromatic rings. The molecule has 0 aliphatic heterocycles. The first kappa shape index (κ1) is 18.7. The maximum absolute atomic E-state index is 12.2. The zero-order valence-corrected chi connectivity index (χ0v) is 15.2. The van der Waals surface area contributed by atoms with Crippen molar-refractivity contribution in [3.8, 4) is 5.75 Å². The van der Waals surface area contributed by atoms with Crippen LogP contribution in [0.1, 0.15) is 34.1 Å². The molecule has 27 heavy (non-hydrogen) atoms. The predicted molar refractivity (Wildman–Crippen MR) is 102 cm³/mol. The Kier molecular flexibility index (Phi) is 5.57. The number of amides is 1. The number of fused-ring (bicyclic) bond motifs is 1. The first-order valence-electron chi connectivity index (χ1n) is 8.32. The minimum absolute atomic E-state index is 0.0724. The molecule has 1 N–H and O–H groups in total. The van der Waals surface area contributed by atoms with Crippen LogP contribution in [0.5, 0.6) is 5.75 Å². The van der Waals surface area contributed by atoms with Gasteiger partial charge in [0.15, 0.2) is 0 Å². The van der Waals surface area contributed by atoms with E-state index >= 15 is 0 Å². The lowest BCUT2D eigenvalue weighted by molar-refractivity contribution is 0.0735. The Morgan fingerprint density at radius 2 is 1.89 bits per heavy atom. The zero-order chi connectivity index (χ0) is 19.4. The number of benzene rings is 2. The lowest BCUT2D eigenvalue weighted by Crippen LogP contribution is -2.28. The molecule has 0 fully saturated rings. The minimum atomic E-state index is -0.759. The topological polar surface area (TPSA) is 85.6 Å². The van der Waals surface area contributed by atoms with Crippen molar-refractivity contribution in [2.24, 2.45) is 0 Å². The maximum atomic E-state index is 12.2. The van der Waals surface area contributed by atoms with Gasteiger partial charge in [-0.15, -0.1) is 0 Å². The van der Waals surface area contributed by atoms with Crippen LogP contribution in [0.25, 0.3) is 11.0 Å². The fraction of sp³-hybridized carbons (Fsp3) is 0.150. The van der Waals surface area contributed by atoms with Gasteiger partial charge in [-0.3, -0.25) is 4.79 Å². The SMILES string of the molecule is CCCNC(=O)c1cc2ccc(OC(=O)c3ccccc3Cl)cc2oc1=O. The Morgan fingerprint density at radius 3 is 2.63 bits per heavy atom. The summed E-state index contributed by atoms with van der Waals surface area (Å²) < 4.78 is 10.5. The second-order valence-corrected chi connectivity index (χ2v) is 6.18. The van der Waals surface area contributed by atoms with Crippen LogP contribution in [-0.2, 0) is 0 Å². The van der Waals surface area contributed by atoms with E-state index in [2.05, 4.69) is 5.32 Å². The van der Waals surface area contributed by atoms with E-state index in [0.717, 1.165) is 6.42 Å². The van der Waals surface area contributed by atoms with E-state index in [4.69, 9.17) is 20.8 Å². The molecule has 7 heteroatoms. The lowest BCUT2D eigenvalue weighted by Gasteiger charge is -2.07. The summed E-state index contributed by atoms with van der Waals surface area (Å²) >= 11 is 5.99. The predicted octanol–water partition coefficient (Wildman–Crippen LogP) is 3.81. The number of carbonyl (C=O) groups excluding carboxylic acids is 2. The molecule has 6 nitrogen and oxygen atoms in total. The highest BCUT2D eigenvalue weighted by molar-refractivity contribution is 6.33. The Morgan fingerprint density at radius 1 is 1.11 bits per heavy atom. The molecule has 0 radical (unpaired) electrons. The van der Waals surface area contributed by atoms with Gasteiger partial charge >= 0.3 is 11.6 Å². The maximum Gasteiger partial charge on any atom is 0.349 e. The first-order chi connectivity index (χ1) is 13.0. The van der Waals surface area contributed by atoms with Crippen molar-refractivity contribution in [3.63, 3.8) is 0 Å². The van der Waals surface area contributed by atoms with Crippen molar-refractivity contribution < 1.29 is 18.7 Å². The average molecular weight is 386 g/mol. The van der Waals surface area contributed by atoms with E-state index in [1.165, 1.54) is 12.1 Å². The molecule has 0 atom stereocenters. The third kappa shape index (κ3) is 4.17. The van der Waals surface area contributed by atoms with Crippen LogP contribution in [0.3, 0.4) is 0 Å². The smallest absolute Gasteiger partial charge is 0.349 e. The highest BCUT2D eigenvalue weighted by atomic mass is 35.5. The van der Waals surface area contributed by atoms with Gasteiger partial charge in [-0.25, -0.2) is 9.59 Å². The molecule has 0 spiro atoms. The molecule has 0 aliphatic rings. The van der Waals surface area contributed by atoms with Crippen LogP contribution in [-0.4, -0.2) is 18.4 Å². The summed E-state index contributed by atoms with van der Waals surface area (Å²) in [6, 6.07) is 12.5. The fourth-order valence-electron chi connectivity index (χ4n) is 2.44. The van der Waals surface area contributed by atoms with Crippen LogP contribution in [0.2, 0.25) is 5.02 Å². The molecule has 0 saturated heterocycles. The quantitative estimate of drug-likeness (QED) is 0.410. The van der Waals surface area contributed by atoms with Crippen molar-refractivity contribution in [1.29, 1.82) is 0 Å². The molecule has 1 heterocycles. The third-order valence-corrected chi connectivity index (χ3v) is 4.12. The molecule has 1 aromatic heterocycles. The number of esters is 1. The van der Waals surface area contributed by atoms with Gasteiger partial charge in [0, 0.05) is 18.0 Å². The van der Waals surface area contributed by atoms with E-state index in [-0.39, 0.29) is 27.5 Å². The summed E-state index contributed by atoms with van der Waals surface area (Å²) in [6.07, 6.45) is 0.755. The van der Waals surface area contributed by atoms with Gasteiger partial charge in [-0.1, -0.05) is 30.7 Å². The number of hydrogen-bond donors (Lipinski definition) is 1. The highest BCUT2D eigenvalue weighted by Gasteiger charge is 2.15. The van der Waals surface area contributed by atoms with E-state index in [1.807, 2.05) is 6.92 Å². The summed E-state index contributed by atoms with van der Waals surface area (Å²) in [7, 11) is 0. The monoisotopic (exact) mass is 385 g/mol. The molecule has 138 valence electrons. The molecule has 0 saturated carbocycles. The van der Waals surface area contributed by atoms with Crippen LogP contribution < -0.4 is 15.7 Å². The largest absolute Gasteiger partial charge is 0.423 e. The zero-order valence-electron chi connectivity index (χ0n) is 14.5. The van der Waals surface area contributed by atoms with E-state index in [0.29, 0.717) is 11.9 Å². The number of hydrogen-bond acceptors (Lipinski definition) is 5. The second kappa shape index (κ2) is 8.05. The molecule has 0 unspecified atom stereocenters. The minimum Gasteiger partial charge on any atom is -0.423 e. The van der Waals surface area contributed by atoms with Crippen molar-refractivity contribution in [2.45, 2.75) is 13.3 Å². The molecule has 0 aliphatic carbocycles. The number of ether oxygens (including phenoxy) is 1. The summed E-state index contributed by atoms with van der Waals surface area (Å²) in [5.41, 5.74) is -0.400. The van der Waals surface area contributed by atoms with Gasteiger partial charge in [-0.2, -0.15) is 0 Å². The Bertz CT molecular complexity index is 1070. The van der Waals surface area contributed by atoms with Crippen molar-refractivity contribution in [3.05, 3.63) is 75.1 Å². The Hall–Kier alpha value is -3.12. The van der Waals surface area contributed by atoms with Crippen LogP contribution in [0, 0.1) is 0 Å². The molecule has 1 amide bonds. The van der Waals surface area contributed by atoms with E-state index in [1.54, 1.807) is 36.4 Å². The summed E-state index contributed by atoms with van der Waals surface area (Å²) in [4.78, 5) is 36.3. The van der Waals surface area contributed by atoms with Gasteiger partial charge in [0.1, 0.15) is 16.9 Å². The van der Waals surface area contributed by atoms with Gasteiger partial charge in [0.05, 0.1) is 10.6 Å². The van der Waals surface area contributed by atoms with Crippen molar-refractivity contribution in [1.82, 2.24) is 5.32 Å². The lowest BCUT2D eigenvalue weighted by atomic mass is 10.1. The van der Waals surface area contributed by atoms with Gasteiger partial charge in [0.2, 0.25) is 0 Å². The fourth-order valence-corrected chi connectivity index (χ4v) is 2.65. The first-order valence-corrected chi connectivity index (χ1v) is 8.70. The van der Waals surface area contributed by atoms with Crippen LogP contribution in [0.15, 0.2) is 57.7 Å². The molecule has 0 bridgehead atoms. The summed E-state index contributed by atoms with van der Waals surface area (Å²) in [6.45, 7) is 2.38. The van der Waals surface area contributed by atoms with Crippen molar-refractivity contribution in [2.75, 3.05) is 6.54 Å². The molecule has 3 rings (SSSR count). The van der Waals surface area contributed by atoms with Crippen LogP contribution >= 0.6 is 11.6 Å². The number of nitrogens with one attached hydrogen (secondary N) is 1. The summed E-state index contributed by atoms with van der Waals surface area (Å²) in [5, 5.41) is 3.45. The second-order valence-electron chi connectivity index (χ2n) is 5.77. The Labute approximate surface area is 159 Å². The highest BCUT2D eigenvalue weighted by Crippen LogP contribution is 2.23. The summed E-state index contributed by atoms with van der Waals surface area (Å²) in [5.74, 6) is -0.918. The number of halogens is 1. The van der Waals surface area contributed by atoms with E-state index < -0.39 is 17.5 Å². The normalized spacial score (nSPS) is 10.6.